The number of benzene rings is 1. The van der Waals surface area contributed by atoms with Crippen molar-refractivity contribution >= 4 is 38.1 Å². The number of thiazole rings is 1. The molecule has 3 rings (SSSR count). The van der Waals surface area contributed by atoms with Gasteiger partial charge in [-0.05, 0) is 34.1 Å². The molecule has 0 radical (unpaired) electrons. The molecule has 0 aliphatic carbocycles. The minimum Gasteiger partial charge on any atom is -0.496 e. The molecular formula is C15H11BrF3N3O3S. The maximum Gasteiger partial charge on any atom is 0.573 e. The van der Waals surface area contributed by atoms with Crippen molar-refractivity contribution in [2.75, 3.05) is 7.11 Å². The van der Waals surface area contributed by atoms with Gasteiger partial charge in [-0.25, -0.2) is 4.98 Å². The second-order valence-electron chi connectivity index (χ2n) is 5.06. The van der Waals surface area contributed by atoms with E-state index in [0.717, 1.165) is 15.9 Å². The van der Waals surface area contributed by atoms with Crippen molar-refractivity contribution in [2.24, 2.45) is 0 Å². The van der Waals surface area contributed by atoms with Gasteiger partial charge < -0.3 is 14.8 Å². The smallest absolute Gasteiger partial charge is 0.496 e. The Bertz CT molecular complexity index is 923. The molecule has 26 heavy (non-hydrogen) atoms. The van der Waals surface area contributed by atoms with Crippen LogP contribution in [0.2, 0.25) is 0 Å². The van der Waals surface area contributed by atoms with E-state index in [2.05, 4.69) is 31.0 Å². The monoisotopic (exact) mass is 449 g/mol. The van der Waals surface area contributed by atoms with E-state index in [1.54, 1.807) is 16.8 Å². The summed E-state index contributed by atoms with van der Waals surface area (Å²) in [6, 6.07) is 3.64. The van der Waals surface area contributed by atoms with Crippen LogP contribution in [-0.2, 0) is 6.54 Å². The number of methoxy groups -OCH3 is 1. The summed E-state index contributed by atoms with van der Waals surface area (Å²) >= 11 is 4.68. The zero-order valence-electron chi connectivity index (χ0n) is 13.1. The number of carbonyl (C=O) groups excluding carboxylic acids is 1. The van der Waals surface area contributed by atoms with Gasteiger partial charge in [0.15, 0.2) is 4.96 Å². The molecule has 3 aromatic rings. The van der Waals surface area contributed by atoms with E-state index in [1.807, 2.05) is 0 Å². The molecule has 1 N–H and O–H groups in total. The van der Waals surface area contributed by atoms with Crippen LogP contribution in [0.25, 0.3) is 4.96 Å². The van der Waals surface area contributed by atoms with E-state index in [1.165, 1.54) is 24.5 Å². The lowest BCUT2D eigenvalue weighted by Gasteiger charge is -2.13. The lowest BCUT2D eigenvalue weighted by Crippen LogP contribution is -2.23. The molecule has 0 fully saturated rings. The van der Waals surface area contributed by atoms with Crippen LogP contribution < -0.4 is 14.8 Å². The quantitative estimate of drug-likeness (QED) is 0.639. The Morgan fingerprint density at radius 2 is 2.15 bits per heavy atom. The van der Waals surface area contributed by atoms with Crippen LogP contribution in [0.15, 0.2) is 34.4 Å². The van der Waals surface area contributed by atoms with Crippen molar-refractivity contribution in [1.82, 2.24) is 14.7 Å². The predicted octanol–water partition coefficient (Wildman–Crippen LogP) is 4.00. The first-order valence-corrected chi connectivity index (χ1v) is 8.71. The number of nitrogens with zero attached hydrogens (tertiary/aromatic N) is 2. The fourth-order valence-electron chi connectivity index (χ4n) is 2.23. The zero-order chi connectivity index (χ0) is 18.9. The maximum atomic E-state index is 12.4. The summed E-state index contributed by atoms with van der Waals surface area (Å²) in [5, 5.41) is 2.61. The molecule has 0 atom stereocenters. The average molecular weight is 450 g/mol. The summed E-state index contributed by atoms with van der Waals surface area (Å²) in [6.07, 6.45) is -1.47. The molecule has 1 amide bonds. The SMILES string of the molecule is COc1ccc(OC(F)(F)F)cc1CNC(=O)c1cn2cc(Br)sc2n1. The summed E-state index contributed by atoms with van der Waals surface area (Å²) in [6.45, 7) is -0.0497. The Morgan fingerprint density at radius 3 is 2.81 bits per heavy atom. The molecule has 2 heterocycles. The van der Waals surface area contributed by atoms with E-state index in [9.17, 15) is 18.0 Å². The Hall–Kier alpha value is -2.27. The van der Waals surface area contributed by atoms with Crippen molar-refractivity contribution in [1.29, 1.82) is 0 Å². The van der Waals surface area contributed by atoms with Crippen molar-refractivity contribution in [3.05, 3.63) is 45.6 Å². The number of imidazole rings is 1. The van der Waals surface area contributed by atoms with Gasteiger partial charge in [-0.2, -0.15) is 0 Å². The van der Waals surface area contributed by atoms with Gasteiger partial charge in [-0.15, -0.1) is 13.2 Å². The Labute approximate surface area is 157 Å². The number of alkyl halides is 3. The molecule has 1 aromatic carbocycles. The lowest BCUT2D eigenvalue weighted by atomic mass is 10.2. The number of fused-ring (bicyclic) bond motifs is 1. The summed E-state index contributed by atoms with van der Waals surface area (Å²) in [5.74, 6) is -0.522. The molecule has 0 unspecified atom stereocenters. The molecule has 0 spiro atoms. The highest BCUT2D eigenvalue weighted by Gasteiger charge is 2.31. The van der Waals surface area contributed by atoms with Crippen LogP contribution >= 0.6 is 27.3 Å². The third-order valence-electron chi connectivity index (χ3n) is 3.29. The summed E-state index contributed by atoms with van der Waals surface area (Å²) < 4.78 is 48.6. The van der Waals surface area contributed by atoms with Gasteiger partial charge in [-0.1, -0.05) is 11.3 Å². The van der Waals surface area contributed by atoms with Gasteiger partial charge in [0.25, 0.3) is 5.91 Å². The number of hydrogen-bond acceptors (Lipinski definition) is 5. The molecule has 6 nitrogen and oxygen atoms in total. The average Bonchev–Trinajstić information content (AvgIpc) is 3.08. The summed E-state index contributed by atoms with van der Waals surface area (Å²) in [7, 11) is 1.38. The van der Waals surface area contributed by atoms with E-state index < -0.39 is 18.0 Å². The van der Waals surface area contributed by atoms with Gasteiger partial charge >= 0.3 is 6.36 Å². The first-order valence-electron chi connectivity index (χ1n) is 7.10. The molecule has 0 aliphatic rings. The molecule has 0 saturated heterocycles. The molecule has 0 saturated carbocycles. The number of halogens is 4. The van der Waals surface area contributed by atoms with Crippen LogP contribution in [-0.4, -0.2) is 28.8 Å². The zero-order valence-corrected chi connectivity index (χ0v) is 15.5. The summed E-state index contributed by atoms with van der Waals surface area (Å²) in [4.78, 5) is 17.1. The van der Waals surface area contributed by atoms with Crippen molar-refractivity contribution in [2.45, 2.75) is 12.9 Å². The van der Waals surface area contributed by atoms with E-state index in [0.29, 0.717) is 16.3 Å². The molecule has 0 aliphatic heterocycles. The highest BCUT2D eigenvalue weighted by Crippen LogP contribution is 2.28. The first-order chi connectivity index (χ1) is 12.2. The fourth-order valence-corrected chi connectivity index (χ4v) is 3.58. The van der Waals surface area contributed by atoms with Gasteiger partial charge in [0.1, 0.15) is 17.2 Å². The number of rotatable bonds is 5. The lowest BCUT2D eigenvalue weighted by molar-refractivity contribution is -0.274. The molecule has 138 valence electrons. The normalized spacial score (nSPS) is 11.6. The number of nitrogens with one attached hydrogen (secondary N) is 1. The van der Waals surface area contributed by atoms with E-state index >= 15 is 0 Å². The second-order valence-corrected chi connectivity index (χ2v) is 7.44. The van der Waals surface area contributed by atoms with Crippen LogP contribution in [0.5, 0.6) is 11.5 Å². The fraction of sp³-hybridized carbons (Fsp3) is 0.200. The predicted molar refractivity (Wildman–Crippen MR) is 91.6 cm³/mol. The standard InChI is InChI=1S/C15H11BrF3N3O3S/c1-24-11-3-2-9(25-15(17,18)19)4-8(11)5-20-13(23)10-6-22-7-12(16)26-14(22)21-10/h2-4,6-7H,5H2,1H3,(H,20,23). The van der Waals surface area contributed by atoms with E-state index in [4.69, 9.17) is 4.74 Å². The third-order valence-corrected chi connectivity index (χ3v) is 4.76. The topological polar surface area (TPSA) is 64.9 Å². The van der Waals surface area contributed by atoms with Crippen LogP contribution in [0.1, 0.15) is 16.1 Å². The molecule has 0 bridgehead atoms. The molecule has 2 aromatic heterocycles. The maximum absolute atomic E-state index is 12.4. The number of carbonyl (C=O) groups is 1. The summed E-state index contributed by atoms with van der Waals surface area (Å²) in [5.41, 5.74) is 0.539. The Morgan fingerprint density at radius 1 is 1.38 bits per heavy atom. The van der Waals surface area contributed by atoms with Gasteiger partial charge in [0, 0.05) is 24.5 Å². The van der Waals surface area contributed by atoms with Crippen molar-refractivity contribution < 1.29 is 27.4 Å². The van der Waals surface area contributed by atoms with Gasteiger partial charge in [0.2, 0.25) is 0 Å². The van der Waals surface area contributed by atoms with Crippen LogP contribution in [0.4, 0.5) is 13.2 Å². The highest BCUT2D eigenvalue weighted by atomic mass is 79.9. The molecular weight excluding hydrogens is 439 g/mol. The van der Waals surface area contributed by atoms with Crippen LogP contribution in [0, 0.1) is 0 Å². The number of aromatic nitrogens is 2. The Balaban J connectivity index is 1.73. The number of ether oxygens (including phenoxy) is 2. The first kappa shape index (κ1) is 18.5. The van der Waals surface area contributed by atoms with Crippen LogP contribution in [0.3, 0.4) is 0 Å². The largest absolute Gasteiger partial charge is 0.573 e. The van der Waals surface area contributed by atoms with Crippen molar-refractivity contribution in [3.63, 3.8) is 0 Å². The second kappa shape index (κ2) is 7.16. The number of amides is 1. The number of hydrogen-bond donors (Lipinski definition) is 1. The highest BCUT2D eigenvalue weighted by molar-refractivity contribution is 9.11. The molecule has 11 heteroatoms. The minimum absolute atomic E-state index is 0.0497. The van der Waals surface area contributed by atoms with Gasteiger partial charge in [0.05, 0.1) is 10.9 Å². The third kappa shape index (κ3) is 4.28. The Kier molecular flexibility index (Phi) is 5.10. The minimum atomic E-state index is -4.80. The van der Waals surface area contributed by atoms with E-state index in [-0.39, 0.29) is 12.2 Å². The van der Waals surface area contributed by atoms with Crippen molar-refractivity contribution in [3.8, 4) is 11.5 Å². The van der Waals surface area contributed by atoms with Gasteiger partial charge in [-0.3, -0.25) is 9.20 Å².